The molecular formula is C17H24N2O. The summed E-state index contributed by atoms with van der Waals surface area (Å²) in [7, 11) is 0. The van der Waals surface area contributed by atoms with Crippen LogP contribution < -0.4 is 5.32 Å². The highest BCUT2D eigenvalue weighted by Gasteiger charge is 2.46. The molecule has 1 amide bonds. The average Bonchev–Trinajstić information content (AvgIpc) is 3.14. The molecule has 2 fully saturated rings. The molecule has 108 valence electrons. The molecule has 0 aromatic heterocycles. The zero-order valence-corrected chi connectivity index (χ0v) is 12.5. The van der Waals surface area contributed by atoms with Gasteiger partial charge < -0.3 is 10.2 Å². The molecule has 2 aliphatic rings. The Balaban J connectivity index is 1.59. The van der Waals surface area contributed by atoms with Crippen molar-refractivity contribution in [1.29, 1.82) is 0 Å². The first-order chi connectivity index (χ1) is 9.58. The Labute approximate surface area is 121 Å². The van der Waals surface area contributed by atoms with E-state index in [4.69, 9.17) is 0 Å². The minimum Gasteiger partial charge on any atom is -0.349 e. The van der Waals surface area contributed by atoms with Crippen LogP contribution in [0.5, 0.6) is 0 Å². The summed E-state index contributed by atoms with van der Waals surface area (Å²) in [6.07, 6.45) is 3.58. The van der Waals surface area contributed by atoms with Crippen LogP contribution in [0.4, 0.5) is 0 Å². The second-order valence-electron chi connectivity index (χ2n) is 6.53. The van der Waals surface area contributed by atoms with Crippen molar-refractivity contribution in [2.24, 2.45) is 0 Å². The van der Waals surface area contributed by atoms with Crippen LogP contribution in [0.2, 0.25) is 0 Å². The summed E-state index contributed by atoms with van der Waals surface area (Å²) in [6.45, 7) is 7.51. The number of amides is 1. The number of nitrogens with zero attached hydrogens (tertiary/aromatic N) is 1. The first kappa shape index (κ1) is 13.6. The highest BCUT2D eigenvalue weighted by atomic mass is 16.2. The summed E-state index contributed by atoms with van der Waals surface area (Å²) in [5.74, 6) is 0.108. The number of hydrogen-bond donors (Lipinski definition) is 1. The number of rotatable bonds is 5. The molecule has 1 aromatic rings. The Hall–Kier alpha value is -1.35. The van der Waals surface area contributed by atoms with Crippen molar-refractivity contribution in [3.8, 4) is 0 Å². The van der Waals surface area contributed by atoms with Gasteiger partial charge in [-0.3, -0.25) is 4.79 Å². The molecule has 1 aliphatic carbocycles. The van der Waals surface area contributed by atoms with E-state index in [9.17, 15) is 4.79 Å². The fraction of sp³-hybridized carbons (Fsp3) is 0.588. The number of carbonyl (C=O) groups is 1. The van der Waals surface area contributed by atoms with E-state index < -0.39 is 0 Å². The van der Waals surface area contributed by atoms with Gasteiger partial charge in [-0.15, -0.1) is 0 Å². The maximum Gasteiger partial charge on any atom is 0.227 e. The molecule has 1 aromatic carbocycles. The Morgan fingerprint density at radius 1 is 1.30 bits per heavy atom. The molecule has 0 radical (unpaired) electrons. The van der Waals surface area contributed by atoms with Gasteiger partial charge in [-0.25, -0.2) is 0 Å². The van der Waals surface area contributed by atoms with Crippen LogP contribution in [0.25, 0.3) is 0 Å². The number of benzene rings is 1. The third-order valence-corrected chi connectivity index (χ3v) is 4.69. The van der Waals surface area contributed by atoms with Crippen molar-refractivity contribution >= 4 is 5.91 Å². The van der Waals surface area contributed by atoms with E-state index >= 15 is 0 Å². The van der Waals surface area contributed by atoms with Crippen molar-refractivity contribution in [3.63, 3.8) is 0 Å². The molecule has 1 unspecified atom stereocenters. The van der Waals surface area contributed by atoms with Gasteiger partial charge in [0.05, 0.1) is 11.5 Å². The topological polar surface area (TPSA) is 32.3 Å². The molecule has 1 aliphatic heterocycles. The first-order valence-electron chi connectivity index (χ1n) is 7.69. The Kier molecular flexibility index (Phi) is 3.55. The van der Waals surface area contributed by atoms with Crippen LogP contribution in [0.15, 0.2) is 24.3 Å². The van der Waals surface area contributed by atoms with Crippen LogP contribution in [0.3, 0.4) is 0 Å². The molecule has 0 spiro atoms. The Morgan fingerprint density at radius 3 is 2.45 bits per heavy atom. The summed E-state index contributed by atoms with van der Waals surface area (Å²) in [5.41, 5.74) is 2.42. The molecule has 3 nitrogen and oxygen atoms in total. The van der Waals surface area contributed by atoms with Crippen molar-refractivity contribution in [2.45, 2.75) is 44.6 Å². The van der Waals surface area contributed by atoms with Gasteiger partial charge in [0.15, 0.2) is 0 Å². The molecule has 3 heteroatoms. The second-order valence-corrected chi connectivity index (χ2v) is 6.53. The molecule has 3 rings (SSSR count). The number of likely N-dealkylation sites (tertiary alicyclic amines) is 1. The van der Waals surface area contributed by atoms with Gasteiger partial charge in [0.1, 0.15) is 0 Å². The first-order valence-corrected chi connectivity index (χ1v) is 7.69. The fourth-order valence-corrected chi connectivity index (χ4v) is 2.82. The lowest BCUT2D eigenvalue weighted by Gasteiger charge is -2.35. The van der Waals surface area contributed by atoms with Gasteiger partial charge in [0.2, 0.25) is 5.91 Å². The summed E-state index contributed by atoms with van der Waals surface area (Å²) < 4.78 is 0. The quantitative estimate of drug-likeness (QED) is 0.893. The van der Waals surface area contributed by atoms with Gasteiger partial charge in [-0.2, -0.15) is 0 Å². The highest BCUT2D eigenvalue weighted by Crippen LogP contribution is 2.37. The molecule has 0 bridgehead atoms. The molecule has 1 heterocycles. The summed E-state index contributed by atoms with van der Waals surface area (Å²) in [6, 6.07) is 8.28. The van der Waals surface area contributed by atoms with E-state index in [1.165, 1.54) is 25.1 Å². The fourth-order valence-electron chi connectivity index (χ4n) is 2.82. The standard InChI is InChI=1S/C17H24N2O/c1-13-4-6-15(7-5-13)14(2)16(20)18-17(8-9-17)12-19-10-3-11-19/h4-7,14H,3,8-12H2,1-2H3,(H,18,20). The predicted octanol–water partition coefficient (Wildman–Crippen LogP) is 2.45. The minimum atomic E-state index is -0.0653. The van der Waals surface area contributed by atoms with Gasteiger partial charge in [-0.1, -0.05) is 29.8 Å². The van der Waals surface area contributed by atoms with E-state index in [0.29, 0.717) is 0 Å². The van der Waals surface area contributed by atoms with Crippen molar-refractivity contribution in [2.75, 3.05) is 19.6 Å². The molecule has 1 saturated heterocycles. The normalized spacial score (nSPS) is 21.9. The monoisotopic (exact) mass is 272 g/mol. The molecule has 20 heavy (non-hydrogen) atoms. The number of hydrogen-bond acceptors (Lipinski definition) is 2. The number of aryl methyl sites for hydroxylation is 1. The van der Waals surface area contributed by atoms with Crippen LogP contribution in [0, 0.1) is 6.92 Å². The lowest BCUT2D eigenvalue weighted by atomic mass is 9.98. The van der Waals surface area contributed by atoms with Crippen LogP contribution in [-0.4, -0.2) is 36.0 Å². The molecule has 1 saturated carbocycles. The van der Waals surface area contributed by atoms with E-state index in [2.05, 4.69) is 41.4 Å². The van der Waals surface area contributed by atoms with Gasteiger partial charge in [0, 0.05) is 6.54 Å². The van der Waals surface area contributed by atoms with Crippen molar-refractivity contribution in [1.82, 2.24) is 10.2 Å². The third-order valence-electron chi connectivity index (χ3n) is 4.69. The Morgan fingerprint density at radius 2 is 1.95 bits per heavy atom. The SMILES string of the molecule is Cc1ccc(C(C)C(=O)NC2(CN3CCC3)CC2)cc1. The third kappa shape index (κ3) is 2.88. The van der Waals surface area contributed by atoms with Crippen LogP contribution in [-0.2, 0) is 4.79 Å². The number of nitrogens with one attached hydrogen (secondary N) is 1. The summed E-state index contributed by atoms with van der Waals surface area (Å²) in [5, 5.41) is 3.30. The second kappa shape index (κ2) is 5.21. The largest absolute Gasteiger partial charge is 0.349 e. The maximum atomic E-state index is 12.4. The average molecular weight is 272 g/mol. The van der Waals surface area contributed by atoms with Gasteiger partial charge >= 0.3 is 0 Å². The van der Waals surface area contributed by atoms with Crippen LogP contribution >= 0.6 is 0 Å². The summed E-state index contributed by atoms with van der Waals surface area (Å²) in [4.78, 5) is 14.9. The van der Waals surface area contributed by atoms with E-state index in [1.54, 1.807) is 0 Å². The Bertz CT molecular complexity index is 486. The lowest BCUT2D eigenvalue weighted by molar-refractivity contribution is -0.123. The molecule has 1 N–H and O–H groups in total. The lowest BCUT2D eigenvalue weighted by Crippen LogP contribution is -2.50. The zero-order chi connectivity index (χ0) is 14.2. The number of carbonyl (C=O) groups excluding carboxylic acids is 1. The maximum absolute atomic E-state index is 12.4. The molecular weight excluding hydrogens is 248 g/mol. The van der Waals surface area contributed by atoms with Crippen molar-refractivity contribution < 1.29 is 4.79 Å². The zero-order valence-electron chi connectivity index (χ0n) is 12.5. The molecule has 1 atom stereocenters. The minimum absolute atomic E-state index is 0.0653. The van der Waals surface area contributed by atoms with Gasteiger partial charge in [-0.05, 0) is 51.8 Å². The smallest absolute Gasteiger partial charge is 0.227 e. The van der Waals surface area contributed by atoms with Crippen molar-refractivity contribution in [3.05, 3.63) is 35.4 Å². The van der Waals surface area contributed by atoms with Crippen LogP contribution in [0.1, 0.15) is 43.2 Å². The van der Waals surface area contributed by atoms with E-state index in [0.717, 1.165) is 24.9 Å². The van der Waals surface area contributed by atoms with Gasteiger partial charge in [0.25, 0.3) is 0 Å². The predicted molar refractivity (Wildman–Crippen MR) is 80.8 cm³/mol. The summed E-state index contributed by atoms with van der Waals surface area (Å²) >= 11 is 0. The van der Waals surface area contributed by atoms with E-state index in [1.807, 2.05) is 6.92 Å². The highest BCUT2D eigenvalue weighted by molar-refractivity contribution is 5.84. The van der Waals surface area contributed by atoms with E-state index in [-0.39, 0.29) is 17.4 Å².